The van der Waals surface area contributed by atoms with Gasteiger partial charge in [0.05, 0.1) is 49.3 Å². The van der Waals surface area contributed by atoms with Crippen LogP contribution in [0.15, 0.2) is 54.6 Å². The number of amides is 9. The standard InChI is InChI=1S/C69H110N10O12/c1-14-45(6)61(78(11)69(88)59(43(2)3)75-68(87)60(44(4)5)77(9)10)56(89-12)41-58(81)79-39-23-28-55(79)62(90-13)46(7)63(82)74-54(40-48-24-19-18-20-25-48)67(86)76-91-42-49-29-35-53(36-30-49)72-64(83)47(8)71-57(80)37-38-70-65(84)50-31-33-51(34-32-50)66(85)73-52-26-21-16-15-17-22-27-52/h18-20,24-25,29-30,35-36,43-47,50-52,54-56,59-62H,14-17,21-23,26-28,31-34,37-42H2,1-13H3,(H,70,84)(H,71,80)(H,72,83)(H,73,85)(H,74,82)(H,75,87)(H,76,86)/t45-,46+,47+,50-,51-,54-,55-,56+,59-,60-,61-,62+/m0/s1. The summed E-state index contributed by atoms with van der Waals surface area (Å²) >= 11 is 0. The van der Waals surface area contributed by atoms with Gasteiger partial charge in [-0.15, -0.1) is 0 Å². The fourth-order valence-electron chi connectivity index (χ4n) is 13.3. The molecule has 0 radical (unpaired) electrons. The number of carbonyl (C=O) groups is 9. The van der Waals surface area contributed by atoms with E-state index in [2.05, 4.69) is 37.4 Å². The van der Waals surface area contributed by atoms with E-state index in [-0.39, 0.29) is 97.6 Å². The number of hydrogen-bond acceptors (Lipinski definition) is 13. The lowest BCUT2D eigenvalue weighted by Gasteiger charge is -2.41. The Kier molecular flexibility index (Phi) is 31.3. The van der Waals surface area contributed by atoms with Crippen LogP contribution in [0.25, 0.3) is 0 Å². The van der Waals surface area contributed by atoms with Gasteiger partial charge in [0, 0.05) is 70.8 Å². The van der Waals surface area contributed by atoms with Crippen molar-refractivity contribution in [1.29, 1.82) is 0 Å². The monoisotopic (exact) mass is 1270 g/mol. The van der Waals surface area contributed by atoms with Crippen LogP contribution in [0.1, 0.15) is 169 Å². The molecule has 1 heterocycles. The number of likely N-dealkylation sites (N-methyl/N-ethyl adjacent to an activating group) is 2. The average Bonchev–Trinajstić information content (AvgIpc) is 2.39. The lowest BCUT2D eigenvalue weighted by atomic mass is 9.81. The van der Waals surface area contributed by atoms with Crippen LogP contribution in [-0.2, 0) is 70.5 Å². The van der Waals surface area contributed by atoms with E-state index in [1.165, 1.54) is 33.5 Å². The molecule has 2 aromatic carbocycles. The summed E-state index contributed by atoms with van der Waals surface area (Å²) in [5.74, 6) is -4.05. The molecule has 0 unspecified atom stereocenters. The number of nitrogens with one attached hydrogen (secondary N) is 7. The molecule has 5 rings (SSSR count). The molecule has 91 heavy (non-hydrogen) atoms. The van der Waals surface area contributed by atoms with E-state index in [0.29, 0.717) is 62.7 Å². The van der Waals surface area contributed by atoms with Crippen LogP contribution < -0.4 is 37.4 Å². The molecule has 22 heteroatoms. The number of carbonyl (C=O) groups excluding carboxylic acids is 9. The Hall–Kier alpha value is -6.49. The normalized spacial score (nSPS) is 20.3. The Bertz CT molecular complexity index is 2640. The number of rotatable bonds is 33. The zero-order chi connectivity index (χ0) is 66.9. The number of benzene rings is 2. The summed E-state index contributed by atoms with van der Waals surface area (Å²) in [6.45, 7) is 15.5. The van der Waals surface area contributed by atoms with Crippen molar-refractivity contribution in [3.05, 3.63) is 65.7 Å². The largest absolute Gasteiger partial charge is 0.379 e. The Balaban J connectivity index is 1.10. The molecule has 3 aliphatic rings. The highest BCUT2D eigenvalue weighted by Crippen LogP contribution is 2.32. The minimum atomic E-state index is -1.07. The molecule has 1 aliphatic heterocycles. The van der Waals surface area contributed by atoms with E-state index >= 15 is 0 Å². The average molecular weight is 1270 g/mol. The third-order valence-electron chi connectivity index (χ3n) is 18.8. The van der Waals surface area contributed by atoms with Crippen molar-refractivity contribution in [2.75, 3.05) is 53.8 Å². The number of hydroxylamine groups is 1. The first-order valence-electron chi connectivity index (χ1n) is 33.5. The van der Waals surface area contributed by atoms with Gasteiger partial charge in [0.15, 0.2) is 0 Å². The van der Waals surface area contributed by atoms with Gasteiger partial charge in [-0.25, -0.2) is 5.48 Å². The molecule has 2 aromatic rings. The molecular formula is C69H110N10O12. The minimum absolute atomic E-state index is 0.00528. The number of anilines is 1. The maximum absolute atomic E-state index is 14.6. The number of hydrogen-bond donors (Lipinski definition) is 7. The lowest BCUT2D eigenvalue weighted by molar-refractivity contribution is -0.148. The van der Waals surface area contributed by atoms with Crippen molar-refractivity contribution in [2.24, 2.45) is 35.5 Å². The number of likely N-dealkylation sites (tertiary alicyclic amines) is 1. The van der Waals surface area contributed by atoms with Crippen molar-refractivity contribution in [2.45, 2.75) is 226 Å². The van der Waals surface area contributed by atoms with Crippen LogP contribution >= 0.6 is 0 Å². The van der Waals surface area contributed by atoms with Crippen LogP contribution in [0.2, 0.25) is 0 Å². The van der Waals surface area contributed by atoms with E-state index in [1.807, 2.05) is 90.9 Å². The van der Waals surface area contributed by atoms with Gasteiger partial charge < -0.3 is 51.2 Å². The van der Waals surface area contributed by atoms with E-state index < -0.39 is 78.0 Å². The topological polar surface area (TPSA) is 275 Å². The minimum Gasteiger partial charge on any atom is -0.379 e. The number of nitrogens with zero attached hydrogens (tertiary/aromatic N) is 3. The van der Waals surface area contributed by atoms with Gasteiger partial charge in [0.2, 0.25) is 47.3 Å². The van der Waals surface area contributed by atoms with E-state index in [1.54, 1.807) is 55.0 Å². The zero-order valence-corrected chi connectivity index (χ0v) is 56.7. The lowest BCUT2D eigenvalue weighted by Crippen LogP contribution is -2.59. The van der Waals surface area contributed by atoms with Gasteiger partial charge in [-0.1, -0.05) is 129 Å². The molecule has 2 aliphatic carbocycles. The summed E-state index contributed by atoms with van der Waals surface area (Å²) in [6.07, 6.45) is 11.2. The first-order valence-corrected chi connectivity index (χ1v) is 33.5. The summed E-state index contributed by atoms with van der Waals surface area (Å²) in [5.41, 5.74) is 4.41. The molecule has 3 fully saturated rings. The van der Waals surface area contributed by atoms with Gasteiger partial charge in [-0.05, 0) is 113 Å². The second-order valence-corrected chi connectivity index (χ2v) is 26.6. The van der Waals surface area contributed by atoms with Crippen molar-refractivity contribution in [1.82, 2.24) is 46.8 Å². The molecule has 0 bridgehead atoms. The molecule has 9 amide bonds. The molecule has 22 nitrogen and oxygen atoms in total. The van der Waals surface area contributed by atoms with Gasteiger partial charge in [0.1, 0.15) is 18.1 Å². The maximum atomic E-state index is 14.6. The van der Waals surface area contributed by atoms with Crippen LogP contribution in [0, 0.1) is 35.5 Å². The first kappa shape index (κ1) is 75.2. The third kappa shape index (κ3) is 22.9. The van der Waals surface area contributed by atoms with Crippen LogP contribution in [0.5, 0.6) is 0 Å². The van der Waals surface area contributed by atoms with Gasteiger partial charge in [0.25, 0.3) is 5.91 Å². The van der Waals surface area contributed by atoms with Crippen molar-refractivity contribution < 1.29 is 57.5 Å². The van der Waals surface area contributed by atoms with Crippen LogP contribution in [0.3, 0.4) is 0 Å². The van der Waals surface area contributed by atoms with Gasteiger partial charge in [-0.2, -0.15) is 0 Å². The first-order chi connectivity index (χ1) is 43.4. The van der Waals surface area contributed by atoms with Crippen LogP contribution in [-0.4, -0.2) is 171 Å². The van der Waals surface area contributed by atoms with Gasteiger partial charge in [-0.3, -0.25) is 52.9 Å². The Labute approximate surface area is 541 Å². The summed E-state index contributed by atoms with van der Waals surface area (Å²) in [6, 6.07) is 12.0. The maximum Gasteiger partial charge on any atom is 0.266 e. The highest BCUT2D eigenvalue weighted by atomic mass is 16.7. The summed E-state index contributed by atoms with van der Waals surface area (Å²) in [7, 11) is 8.43. The predicted molar refractivity (Wildman–Crippen MR) is 350 cm³/mol. The third-order valence-corrected chi connectivity index (χ3v) is 18.8. The molecule has 508 valence electrons. The van der Waals surface area contributed by atoms with E-state index in [0.717, 1.165) is 31.2 Å². The van der Waals surface area contributed by atoms with Crippen LogP contribution in [0.4, 0.5) is 5.69 Å². The molecular weight excluding hydrogens is 1160 g/mol. The second-order valence-electron chi connectivity index (χ2n) is 26.6. The Morgan fingerprint density at radius 2 is 1.27 bits per heavy atom. The van der Waals surface area contributed by atoms with E-state index in [9.17, 15) is 43.2 Å². The molecule has 7 N–H and O–H groups in total. The zero-order valence-electron chi connectivity index (χ0n) is 56.7. The van der Waals surface area contributed by atoms with Crippen molar-refractivity contribution in [3.8, 4) is 0 Å². The Morgan fingerprint density at radius 1 is 0.648 bits per heavy atom. The second kappa shape index (κ2) is 37.9. The highest BCUT2D eigenvalue weighted by Gasteiger charge is 2.44. The highest BCUT2D eigenvalue weighted by molar-refractivity contribution is 5.97. The number of ether oxygens (including phenoxy) is 2. The predicted octanol–water partition coefficient (Wildman–Crippen LogP) is 6.59. The molecule has 0 aromatic heterocycles. The molecule has 0 spiro atoms. The van der Waals surface area contributed by atoms with Crippen molar-refractivity contribution in [3.63, 3.8) is 0 Å². The molecule has 1 saturated heterocycles. The summed E-state index contributed by atoms with van der Waals surface area (Å²) in [4.78, 5) is 134. The van der Waals surface area contributed by atoms with Gasteiger partial charge >= 0.3 is 0 Å². The Morgan fingerprint density at radius 3 is 1.86 bits per heavy atom. The fourth-order valence-corrected chi connectivity index (χ4v) is 13.3. The number of methoxy groups -OCH3 is 2. The molecule has 10 atom stereocenters. The van der Waals surface area contributed by atoms with E-state index in [4.69, 9.17) is 14.3 Å². The molecule has 2 saturated carbocycles. The smallest absolute Gasteiger partial charge is 0.266 e. The quantitative estimate of drug-likeness (QED) is 0.0372. The fraction of sp³-hybridized carbons (Fsp3) is 0.696. The van der Waals surface area contributed by atoms with Crippen molar-refractivity contribution >= 4 is 58.9 Å². The SMILES string of the molecule is CC[C@H](C)[C@@H]([C@@H](CC(=O)N1CCC[C@H]1[C@H](OC)[C@@H](C)C(=O)N[C@@H](Cc1ccccc1)C(=O)NOCc1ccc(NC(=O)[C@@H](C)NC(=O)CCNC(=O)[C@H]2CC[C@H](C(=O)NC3CCCCCCC3)CC2)cc1)OC)N(C)C(=O)[C@@H](NC(=O)[C@H](C(C)C)N(C)C)C(C)C. The summed E-state index contributed by atoms with van der Waals surface area (Å²) < 4.78 is 12.2. The summed E-state index contributed by atoms with van der Waals surface area (Å²) in [5, 5.41) is 17.6.